The first-order valence-electron chi connectivity index (χ1n) is 3.90. The number of hydrogen-bond donors (Lipinski definition) is 3. The van der Waals surface area contributed by atoms with E-state index in [4.69, 9.17) is 0 Å². The van der Waals surface area contributed by atoms with Gasteiger partial charge in [0.05, 0.1) is 12.7 Å². The lowest BCUT2D eigenvalue weighted by atomic mass is 10.7. The van der Waals surface area contributed by atoms with Crippen LogP contribution < -0.4 is 4.72 Å². The van der Waals surface area contributed by atoms with E-state index in [9.17, 15) is 8.42 Å². The van der Waals surface area contributed by atoms with Crippen molar-refractivity contribution in [1.82, 2.24) is 35.5 Å². The van der Waals surface area contributed by atoms with Crippen molar-refractivity contribution in [3.05, 3.63) is 18.1 Å². The second-order valence-electron chi connectivity index (χ2n) is 2.57. The number of nitrogens with zero attached hydrogens (tertiary/aromatic N) is 4. The molecule has 80 valence electrons. The number of nitrogens with one attached hydrogen (secondary N) is 3. The number of aromatic nitrogens is 6. The average Bonchev–Trinajstić information content (AvgIpc) is 2.88. The van der Waals surface area contributed by atoms with Crippen LogP contribution in [0.4, 0.5) is 0 Å². The fraction of sp³-hybridized carbons (Fsp3) is 0.200. The minimum absolute atomic E-state index is 0.00834. The van der Waals surface area contributed by atoms with Gasteiger partial charge in [-0.15, -0.1) is 10.2 Å². The molecule has 0 amide bonds. The first kappa shape index (κ1) is 9.73. The summed E-state index contributed by atoms with van der Waals surface area (Å²) in [6.45, 7) is -0.0299. The Morgan fingerprint density at radius 2 is 2.33 bits per heavy atom. The van der Waals surface area contributed by atoms with Crippen LogP contribution >= 0.6 is 0 Å². The minimum atomic E-state index is -3.58. The number of H-pyrrole nitrogens is 2. The molecule has 9 nitrogen and oxygen atoms in total. The molecule has 0 aromatic carbocycles. The van der Waals surface area contributed by atoms with Gasteiger partial charge in [0.15, 0.2) is 10.9 Å². The Morgan fingerprint density at radius 3 is 2.93 bits per heavy atom. The maximum atomic E-state index is 11.5. The van der Waals surface area contributed by atoms with Gasteiger partial charge in [-0.1, -0.05) is 5.21 Å². The van der Waals surface area contributed by atoms with Crippen LogP contribution in [0.3, 0.4) is 0 Å². The molecule has 0 fully saturated rings. The molecule has 0 saturated carbocycles. The van der Waals surface area contributed by atoms with Crippen molar-refractivity contribution in [3.63, 3.8) is 0 Å². The molecule has 0 aliphatic rings. The monoisotopic (exact) mass is 229 g/mol. The Labute approximate surface area is 84.3 Å². The van der Waals surface area contributed by atoms with Crippen LogP contribution in [0.2, 0.25) is 0 Å². The predicted octanol–water partition coefficient (Wildman–Crippen LogP) is -1.60. The largest absolute Gasteiger partial charge is 0.266 e. The van der Waals surface area contributed by atoms with Gasteiger partial charge in [0.25, 0.3) is 10.0 Å². The van der Waals surface area contributed by atoms with Crippen LogP contribution in [-0.2, 0) is 16.6 Å². The Hall–Kier alpha value is -1.81. The summed E-state index contributed by atoms with van der Waals surface area (Å²) in [5, 5.41) is 18.6. The SMILES string of the molecule is O=S(=O)(NCc1nn[nH]n1)c1ccn[nH]1. The lowest BCUT2D eigenvalue weighted by Gasteiger charge is -2.00. The molecule has 2 heterocycles. The topological polar surface area (TPSA) is 129 Å². The zero-order chi connectivity index (χ0) is 10.7. The van der Waals surface area contributed by atoms with Crippen LogP contribution in [0.25, 0.3) is 0 Å². The zero-order valence-corrected chi connectivity index (χ0v) is 8.19. The van der Waals surface area contributed by atoms with Gasteiger partial charge >= 0.3 is 0 Å². The van der Waals surface area contributed by atoms with Gasteiger partial charge in [-0.25, -0.2) is 13.1 Å². The molecule has 3 N–H and O–H groups in total. The van der Waals surface area contributed by atoms with Gasteiger partial charge in [0.1, 0.15) is 0 Å². The Balaban J connectivity index is 2.06. The lowest BCUT2D eigenvalue weighted by molar-refractivity contribution is 0.575. The minimum Gasteiger partial charge on any atom is -0.266 e. The number of tetrazole rings is 1. The van der Waals surface area contributed by atoms with Gasteiger partial charge < -0.3 is 0 Å². The maximum Gasteiger partial charge on any atom is 0.257 e. The van der Waals surface area contributed by atoms with Crippen molar-refractivity contribution in [2.45, 2.75) is 11.6 Å². The normalized spacial score (nSPS) is 11.7. The van der Waals surface area contributed by atoms with E-state index >= 15 is 0 Å². The van der Waals surface area contributed by atoms with Gasteiger partial charge in [-0.3, -0.25) is 5.10 Å². The molecule has 2 aromatic rings. The predicted molar refractivity (Wildman–Crippen MR) is 46.8 cm³/mol. The zero-order valence-electron chi connectivity index (χ0n) is 7.38. The summed E-state index contributed by atoms with van der Waals surface area (Å²) in [5.74, 6) is 0.262. The summed E-state index contributed by atoms with van der Waals surface area (Å²) >= 11 is 0. The fourth-order valence-corrected chi connectivity index (χ4v) is 1.78. The summed E-state index contributed by atoms with van der Waals surface area (Å²) in [7, 11) is -3.58. The first-order chi connectivity index (χ1) is 7.18. The van der Waals surface area contributed by atoms with E-state index in [1.807, 2.05) is 0 Å². The van der Waals surface area contributed by atoms with Crippen LogP contribution in [0, 0.1) is 0 Å². The van der Waals surface area contributed by atoms with Crippen molar-refractivity contribution in [3.8, 4) is 0 Å². The summed E-state index contributed by atoms with van der Waals surface area (Å²) < 4.78 is 25.3. The van der Waals surface area contributed by atoms with Crippen molar-refractivity contribution >= 4 is 10.0 Å². The summed E-state index contributed by atoms with van der Waals surface area (Å²) in [5.41, 5.74) is 0. The van der Waals surface area contributed by atoms with E-state index in [-0.39, 0.29) is 17.4 Å². The highest BCUT2D eigenvalue weighted by atomic mass is 32.2. The van der Waals surface area contributed by atoms with E-state index in [0.29, 0.717) is 0 Å². The van der Waals surface area contributed by atoms with Crippen molar-refractivity contribution < 1.29 is 8.42 Å². The van der Waals surface area contributed by atoms with Crippen LogP contribution in [0.5, 0.6) is 0 Å². The highest BCUT2D eigenvalue weighted by Crippen LogP contribution is 2.02. The molecular weight excluding hydrogens is 222 g/mol. The standard InChI is InChI=1S/C5H7N7O2S/c13-15(14,5-1-2-6-10-5)7-3-4-8-11-12-9-4/h1-2,7H,3H2,(H,6,10)(H,8,9,11,12). The Morgan fingerprint density at radius 1 is 1.47 bits per heavy atom. The van der Waals surface area contributed by atoms with Gasteiger partial charge in [0, 0.05) is 0 Å². The third-order valence-corrected chi connectivity index (χ3v) is 2.90. The molecule has 2 aromatic heterocycles. The van der Waals surface area contributed by atoms with E-state index in [2.05, 4.69) is 35.5 Å². The van der Waals surface area contributed by atoms with E-state index in [1.165, 1.54) is 12.3 Å². The molecular formula is C5H7N7O2S. The fourth-order valence-electron chi connectivity index (χ4n) is 0.887. The van der Waals surface area contributed by atoms with E-state index in [0.717, 1.165) is 0 Å². The third kappa shape index (κ3) is 2.16. The van der Waals surface area contributed by atoms with Crippen molar-refractivity contribution in [1.29, 1.82) is 0 Å². The maximum absolute atomic E-state index is 11.5. The quantitative estimate of drug-likeness (QED) is 0.579. The highest BCUT2D eigenvalue weighted by molar-refractivity contribution is 7.89. The Bertz CT molecular complexity index is 502. The molecule has 0 aliphatic heterocycles. The second kappa shape index (κ2) is 3.74. The van der Waals surface area contributed by atoms with Crippen LogP contribution in [-0.4, -0.2) is 39.2 Å². The summed E-state index contributed by atoms with van der Waals surface area (Å²) in [4.78, 5) is 0. The van der Waals surface area contributed by atoms with Crippen molar-refractivity contribution in [2.24, 2.45) is 0 Å². The molecule has 2 rings (SSSR count). The molecule has 10 heteroatoms. The van der Waals surface area contributed by atoms with E-state index in [1.54, 1.807) is 0 Å². The first-order valence-corrected chi connectivity index (χ1v) is 5.38. The molecule has 0 bridgehead atoms. The number of aromatic amines is 2. The number of rotatable bonds is 4. The molecule has 0 spiro atoms. The third-order valence-electron chi connectivity index (χ3n) is 1.57. The molecule has 0 saturated heterocycles. The molecule has 0 aliphatic carbocycles. The van der Waals surface area contributed by atoms with Crippen LogP contribution in [0.15, 0.2) is 17.3 Å². The summed E-state index contributed by atoms with van der Waals surface area (Å²) in [6.07, 6.45) is 1.35. The average molecular weight is 229 g/mol. The molecule has 0 radical (unpaired) electrons. The smallest absolute Gasteiger partial charge is 0.257 e. The molecule has 0 unspecified atom stereocenters. The summed E-state index contributed by atoms with van der Waals surface area (Å²) in [6, 6.07) is 1.35. The number of hydrogen-bond acceptors (Lipinski definition) is 6. The lowest BCUT2D eigenvalue weighted by Crippen LogP contribution is -2.24. The van der Waals surface area contributed by atoms with E-state index < -0.39 is 10.0 Å². The van der Waals surface area contributed by atoms with Gasteiger partial charge in [-0.05, 0) is 6.07 Å². The second-order valence-corrected chi connectivity index (χ2v) is 4.31. The molecule has 0 atom stereocenters. The van der Waals surface area contributed by atoms with Gasteiger partial charge in [0.2, 0.25) is 0 Å². The Kier molecular flexibility index (Phi) is 2.43. The van der Waals surface area contributed by atoms with Crippen molar-refractivity contribution in [2.75, 3.05) is 0 Å². The number of sulfonamides is 1. The highest BCUT2D eigenvalue weighted by Gasteiger charge is 2.15. The van der Waals surface area contributed by atoms with Crippen LogP contribution in [0.1, 0.15) is 5.82 Å². The molecule has 15 heavy (non-hydrogen) atoms. The van der Waals surface area contributed by atoms with Gasteiger partial charge in [-0.2, -0.15) is 10.3 Å².